The summed E-state index contributed by atoms with van der Waals surface area (Å²) < 4.78 is 0. The SMILES string of the molecule is B[C@]1(N)CC[C@@](C)(O)CC1. The van der Waals surface area contributed by atoms with E-state index in [2.05, 4.69) is 7.85 Å². The molecule has 1 aliphatic rings. The zero-order chi connectivity index (χ0) is 7.83. The average molecular weight is 141 g/mol. The minimum atomic E-state index is -0.446. The van der Waals surface area contributed by atoms with E-state index in [4.69, 9.17) is 5.73 Å². The van der Waals surface area contributed by atoms with Gasteiger partial charge in [0, 0.05) is 0 Å². The Kier molecular flexibility index (Phi) is 1.81. The van der Waals surface area contributed by atoms with Crippen LogP contribution < -0.4 is 5.73 Å². The van der Waals surface area contributed by atoms with E-state index in [-0.39, 0.29) is 5.44 Å². The molecule has 0 spiro atoms. The van der Waals surface area contributed by atoms with E-state index in [1.54, 1.807) is 0 Å². The predicted molar refractivity (Wildman–Crippen MR) is 44.6 cm³/mol. The molecule has 0 atom stereocenters. The first-order valence-corrected chi connectivity index (χ1v) is 3.93. The fraction of sp³-hybridized carbons (Fsp3) is 1.00. The van der Waals surface area contributed by atoms with Gasteiger partial charge in [-0.1, -0.05) is 0 Å². The van der Waals surface area contributed by atoms with Crippen LogP contribution in [-0.2, 0) is 0 Å². The molecule has 3 N–H and O–H groups in total. The van der Waals surface area contributed by atoms with Crippen LogP contribution in [0.25, 0.3) is 0 Å². The first-order valence-electron chi connectivity index (χ1n) is 3.93. The Balaban J connectivity index is 2.46. The number of hydrogen-bond acceptors (Lipinski definition) is 2. The van der Waals surface area contributed by atoms with Crippen LogP contribution in [-0.4, -0.2) is 24.0 Å². The summed E-state index contributed by atoms with van der Waals surface area (Å²) in [7, 11) is 2.06. The molecule has 0 radical (unpaired) electrons. The smallest absolute Gasteiger partial charge is 0.127 e. The summed E-state index contributed by atoms with van der Waals surface area (Å²) >= 11 is 0. The second-order valence-electron chi connectivity index (χ2n) is 4.15. The molecule has 0 amide bonds. The zero-order valence-electron chi connectivity index (χ0n) is 6.85. The molecule has 0 aromatic carbocycles. The van der Waals surface area contributed by atoms with Crippen molar-refractivity contribution in [3.05, 3.63) is 0 Å². The topological polar surface area (TPSA) is 46.2 Å². The lowest BCUT2D eigenvalue weighted by atomic mass is 9.65. The number of nitrogens with two attached hydrogens (primary N) is 1. The average Bonchev–Trinajstić information content (AvgIpc) is 1.79. The van der Waals surface area contributed by atoms with Crippen molar-refractivity contribution in [2.24, 2.45) is 5.73 Å². The molecule has 58 valence electrons. The Morgan fingerprint density at radius 2 is 1.70 bits per heavy atom. The van der Waals surface area contributed by atoms with Crippen LogP contribution in [0.5, 0.6) is 0 Å². The highest BCUT2D eigenvalue weighted by Crippen LogP contribution is 2.30. The molecule has 0 heterocycles. The fourth-order valence-corrected chi connectivity index (χ4v) is 1.36. The van der Waals surface area contributed by atoms with Crippen molar-refractivity contribution < 1.29 is 5.11 Å². The lowest BCUT2D eigenvalue weighted by molar-refractivity contribution is 0.0131. The highest BCUT2D eigenvalue weighted by molar-refractivity contribution is 6.15. The van der Waals surface area contributed by atoms with Crippen LogP contribution in [0, 0.1) is 0 Å². The quantitative estimate of drug-likeness (QED) is 0.451. The molecular formula is C7H16BNO. The molecule has 0 bridgehead atoms. The third kappa shape index (κ3) is 1.99. The maximum absolute atomic E-state index is 9.55. The Morgan fingerprint density at radius 1 is 1.30 bits per heavy atom. The first kappa shape index (κ1) is 8.09. The number of aliphatic hydroxyl groups is 1. The largest absolute Gasteiger partial charge is 0.390 e. The molecule has 0 aromatic rings. The molecule has 0 saturated heterocycles. The van der Waals surface area contributed by atoms with Crippen LogP contribution in [0.3, 0.4) is 0 Å². The number of hydrogen-bond donors (Lipinski definition) is 2. The van der Waals surface area contributed by atoms with E-state index >= 15 is 0 Å². The molecule has 1 rings (SSSR count). The van der Waals surface area contributed by atoms with Crippen molar-refractivity contribution >= 4 is 7.85 Å². The minimum absolute atomic E-state index is 0.0256. The molecule has 1 saturated carbocycles. The summed E-state index contributed by atoms with van der Waals surface area (Å²) in [6, 6.07) is 0. The highest BCUT2D eigenvalue weighted by Gasteiger charge is 2.32. The van der Waals surface area contributed by atoms with E-state index < -0.39 is 5.60 Å². The summed E-state index contributed by atoms with van der Waals surface area (Å²) in [5, 5.41) is 9.55. The third-order valence-electron chi connectivity index (χ3n) is 2.47. The van der Waals surface area contributed by atoms with E-state index in [9.17, 15) is 5.11 Å². The summed E-state index contributed by atoms with van der Waals surface area (Å²) in [5.74, 6) is 0. The van der Waals surface area contributed by atoms with E-state index in [1.807, 2.05) is 6.92 Å². The van der Waals surface area contributed by atoms with Crippen molar-refractivity contribution in [1.29, 1.82) is 0 Å². The molecule has 0 unspecified atom stereocenters. The third-order valence-corrected chi connectivity index (χ3v) is 2.47. The Bertz CT molecular complexity index is 106. The number of rotatable bonds is 0. The van der Waals surface area contributed by atoms with Gasteiger partial charge in [-0.15, -0.1) is 0 Å². The Hall–Kier alpha value is -0.0151. The second kappa shape index (κ2) is 2.24. The van der Waals surface area contributed by atoms with Crippen LogP contribution >= 0.6 is 0 Å². The molecule has 1 aliphatic carbocycles. The molecule has 0 aliphatic heterocycles. The van der Waals surface area contributed by atoms with Crippen LogP contribution in [0.2, 0.25) is 0 Å². The fourth-order valence-electron chi connectivity index (χ4n) is 1.36. The van der Waals surface area contributed by atoms with E-state index in [1.165, 1.54) is 0 Å². The van der Waals surface area contributed by atoms with E-state index in [0.717, 1.165) is 25.7 Å². The molecule has 2 nitrogen and oxygen atoms in total. The Morgan fingerprint density at radius 3 is 2.00 bits per heavy atom. The lowest BCUT2D eigenvalue weighted by Crippen LogP contribution is -2.48. The van der Waals surface area contributed by atoms with Gasteiger partial charge in [0.2, 0.25) is 0 Å². The molecular weight excluding hydrogens is 125 g/mol. The monoisotopic (exact) mass is 141 g/mol. The molecule has 1 fully saturated rings. The maximum atomic E-state index is 9.55. The molecule has 3 heteroatoms. The predicted octanol–water partition coefficient (Wildman–Crippen LogP) is -0.401. The van der Waals surface area contributed by atoms with Gasteiger partial charge in [0.25, 0.3) is 0 Å². The van der Waals surface area contributed by atoms with Crippen LogP contribution in [0.1, 0.15) is 32.6 Å². The van der Waals surface area contributed by atoms with Gasteiger partial charge in [-0.3, -0.25) is 0 Å². The first-order chi connectivity index (χ1) is 4.41. The summed E-state index contributed by atoms with van der Waals surface area (Å²) in [6.45, 7) is 1.89. The van der Waals surface area contributed by atoms with Crippen molar-refractivity contribution in [2.75, 3.05) is 0 Å². The van der Waals surface area contributed by atoms with Gasteiger partial charge >= 0.3 is 0 Å². The highest BCUT2D eigenvalue weighted by atomic mass is 16.3. The second-order valence-corrected chi connectivity index (χ2v) is 4.15. The zero-order valence-corrected chi connectivity index (χ0v) is 6.85. The van der Waals surface area contributed by atoms with Gasteiger partial charge in [-0.25, -0.2) is 0 Å². The summed E-state index contributed by atoms with van der Waals surface area (Å²) in [6.07, 6.45) is 3.58. The van der Waals surface area contributed by atoms with Crippen molar-refractivity contribution in [3.63, 3.8) is 0 Å². The van der Waals surface area contributed by atoms with Crippen LogP contribution in [0.4, 0.5) is 0 Å². The Labute approximate surface area is 63.2 Å². The van der Waals surface area contributed by atoms with Gasteiger partial charge in [0.1, 0.15) is 7.85 Å². The van der Waals surface area contributed by atoms with Crippen molar-refractivity contribution in [2.45, 2.75) is 43.6 Å². The van der Waals surface area contributed by atoms with E-state index in [0.29, 0.717) is 0 Å². The standard InChI is InChI=1S/C7H16BNO/c1-6(10)2-4-7(8,9)5-3-6/h10H,2-5,8-9H2,1H3/t6-,7+. The van der Waals surface area contributed by atoms with Crippen molar-refractivity contribution in [1.82, 2.24) is 0 Å². The van der Waals surface area contributed by atoms with Crippen LogP contribution in [0.15, 0.2) is 0 Å². The van der Waals surface area contributed by atoms with Gasteiger partial charge in [-0.05, 0) is 38.0 Å². The van der Waals surface area contributed by atoms with Gasteiger partial charge in [-0.2, -0.15) is 0 Å². The van der Waals surface area contributed by atoms with Gasteiger partial charge in [0.15, 0.2) is 0 Å². The van der Waals surface area contributed by atoms with Gasteiger partial charge < -0.3 is 10.8 Å². The molecule has 10 heavy (non-hydrogen) atoms. The van der Waals surface area contributed by atoms with Gasteiger partial charge in [0.05, 0.1) is 5.60 Å². The van der Waals surface area contributed by atoms with Crippen molar-refractivity contribution in [3.8, 4) is 0 Å². The lowest BCUT2D eigenvalue weighted by Gasteiger charge is -2.37. The summed E-state index contributed by atoms with van der Waals surface area (Å²) in [4.78, 5) is 0. The summed E-state index contributed by atoms with van der Waals surface area (Å²) in [5.41, 5.74) is 5.42. The normalized spacial score (nSPS) is 49.1. The molecule has 0 aromatic heterocycles. The minimum Gasteiger partial charge on any atom is -0.390 e. The maximum Gasteiger partial charge on any atom is 0.127 e.